The van der Waals surface area contributed by atoms with Crippen molar-refractivity contribution in [3.8, 4) is 5.75 Å². The molecular weight excluding hydrogens is 322 g/mol. The molecule has 2 aromatic rings. The van der Waals surface area contributed by atoms with Crippen LogP contribution in [0.3, 0.4) is 0 Å². The van der Waals surface area contributed by atoms with Gasteiger partial charge in [0.2, 0.25) is 0 Å². The van der Waals surface area contributed by atoms with E-state index < -0.39 is 0 Å². The molecule has 3 amide bonds. The molecule has 2 heterocycles. The molecule has 0 spiro atoms. The number of aromatic nitrogens is 2. The molecule has 0 fully saturated rings. The summed E-state index contributed by atoms with van der Waals surface area (Å²) in [5.74, 6) is 0.493. The van der Waals surface area contributed by atoms with Crippen molar-refractivity contribution in [1.29, 1.82) is 0 Å². The van der Waals surface area contributed by atoms with E-state index in [1.54, 1.807) is 25.2 Å². The van der Waals surface area contributed by atoms with Crippen LogP contribution < -0.4 is 20.3 Å². The lowest BCUT2D eigenvalue weighted by Crippen LogP contribution is -2.38. The van der Waals surface area contributed by atoms with Gasteiger partial charge in [0.1, 0.15) is 5.75 Å². The van der Waals surface area contributed by atoms with Gasteiger partial charge in [0.15, 0.2) is 6.61 Å². The molecule has 0 saturated carbocycles. The van der Waals surface area contributed by atoms with Gasteiger partial charge in [-0.15, -0.1) is 0 Å². The molecular formula is C17H21N5O3. The van der Waals surface area contributed by atoms with Crippen molar-refractivity contribution >= 4 is 23.3 Å². The van der Waals surface area contributed by atoms with Crippen LogP contribution in [0.5, 0.6) is 5.75 Å². The average molecular weight is 343 g/mol. The molecule has 1 unspecified atom stereocenters. The van der Waals surface area contributed by atoms with E-state index in [2.05, 4.69) is 20.8 Å². The zero-order valence-electron chi connectivity index (χ0n) is 14.4. The second kappa shape index (κ2) is 6.84. The lowest BCUT2D eigenvalue weighted by Gasteiger charge is -2.26. The molecule has 132 valence electrons. The van der Waals surface area contributed by atoms with E-state index in [0.29, 0.717) is 23.5 Å². The molecule has 1 aromatic heterocycles. The van der Waals surface area contributed by atoms with Crippen LogP contribution in [0.25, 0.3) is 0 Å². The van der Waals surface area contributed by atoms with Crippen LogP contribution in [0, 0.1) is 6.92 Å². The normalized spacial score (nSPS) is 14.5. The fourth-order valence-corrected chi connectivity index (χ4v) is 2.68. The highest BCUT2D eigenvalue weighted by molar-refractivity contribution is 5.99. The number of rotatable bonds is 4. The predicted molar refractivity (Wildman–Crippen MR) is 94.0 cm³/mol. The maximum atomic E-state index is 12.2. The van der Waals surface area contributed by atoms with Crippen LogP contribution in [0.2, 0.25) is 0 Å². The number of amides is 3. The summed E-state index contributed by atoms with van der Waals surface area (Å²) in [7, 11) is 1.68. The number of anilines is 2. The standard InChI is InChI=1S/C17H21N5O3/c1-10(6-13-7-11(2)20-21-13)18-17(24)19-12-4-5-15-14(8-12)22(3)16(23)9-25-15/h4-5,7-8,10H,6,9H2,1-3H3,(H,20,21)(H2,18,19,24). The van der Waals surface area contributed by atoms with Gasteiger partial charge in [-0.05, 0) is 38.1 Å². The van der Waals surface area contributed by atoms with Crippen LogP contribution in [0.15, 0.2) is 24.3 Å². The Balaban J connectivity index is 1.60. The van der Waals surface area contributed by atoms with Crippen LogP contribution in [0.1, 0.15) is 18.3 Å². The predicted octanol–water partition coefficient (Wildman–Crippen LogP) is 1.83. The Morgan fingerprint density at radius 1 is 1.44 bits per heavy atom. The smallest absolute Gasteiger partial charge is 0.319 e. The lowest BCUT2D eigenvalue weighted by molar-refractivity contribution is -0.120. The van der Waals surface area contributed by atoms with E-state index in [-0.39, 0.29) is 24.6 Å². The number of benzene rings is 1. The Morgan fingerprint density at radius 2 is 2.24 bits per heavy atom. The minimum atomic E-state index is -0.314. The number of hydrogen-bond acceptors (Lipinski definition) is 4. The van der Waals surface area contributed by atoms with E-state index in [1.165, 1.54) is 4.90 Å². The zero-order chi connectivity index (χ0) is 18.0. The van der Waals surface area contributed by atoms with Crippen molar-refractivity contribution in [3.05, 3.63) is 35.7 Å². The summed E-state index contributed by atoms with van der Waals surface area (Å²) in [6.45, 7) is 3.88. The SMILES string of the molecule is Cc1cc(CC(C)NC(=O)Nc2ccc3c(c2)N(C)C(=O)CO3)n[nH]1. The van der Waals surface area contributed by atoms with E-state index in [0.717, 1.165) is 11.4 Å². The lowest BCUT2D eigenvalue weighted by atomic mass is 10.2. The first-order valence-electron chi connectivity index (χ1n) is 8.04. The summed E-state index contributed by atoms with van der Waals surface area (Å²) in [6.07, 6.45) is 0.632. The number of hydrogen-bond donors (Lipinski definition) is 3. The Kier molecular flexibility index (Phi) is 4.60. The van der Waals surface area contributed by atoms with Crippen molar-refractivity contribution in [2.24, 2.45) is 0 Å². The molecule has 3 rings (SSSR count). The second-order valence-corrected chi connectivity index (χ2v) is 6.17. The van der Waals surface area contributed by atoms with Crippen LogP contribution in [-0.2, 0) is 11.2 Å². The van der Waals surface area contributed by atoms with Crippen molar-refractivity contribution < 1.29 is 14.3 Å². The Morgan fingerprint density at radius 3 is 2.96 bits per heavy atom. The third kappa shape index (κ3) is 3.90. The van der Waals surface area contributed by atoms with E-state index in [9.17, 15) is 9.59 Å². The number of carbonyl (C=O) groups is 2. The number of carbonyl (C=O) groups excluding carboxylic acids is 2. The molecule has 8 heteroatoms. The minimum absolute atomic E-state index is 0.0287. The molecule has 1 aromatic carbocycles. The number of ether oxygens (including phenoxy) is 1. The first-order valence-corrected chi connectivity index (χ1v) is 8.04. The number of nitrogens with one attached hydrogen (secondary N) is 3. The minimum Gasteiger partial charge on any atom is -0.482 e. The maximum absolute atomic E-state index is 12.2. The van der Waals surface area contributed by atoms with Gasteiger partial charge in [-0.1, -0.05) is 0 Å². The quantitative estimate of drug-likeness (QED) is 0.788. The highest BCUT2D eigenvalue weighted by atomic mass is 16.5. The molecule has 8 nitrogen and oxygen atoms in total. The van der Waals surface area contributed by atoms with Gasteiger partial charge in [-0.2, -0.15) is 5.10 Å². The highest BCUT2D eigenvalue weighted by Gasteiger charge is 2.22. The monoisotopic (exact) mass is 343 g/mol. The van der Waals surface area contributed by atoms with Crippen molar-refractivity contribution in [1.82, 2.24) is 15.5 Å². The second-order valence-electron chi connectivity index (χ2n) is 6.17. The average Bonchev–Trinajstić information content (AvgIpc) is 2.96. The van der Waals surface area contributed by atoms with Gasteiger partial charge in [0.25, 0.3) is 5.91 Å². The van der Waals surface area contributed by atoms with Gasteiger partial charge < -0.3 is 20.3 Å². The Bertz CT molecular complexity index is 801. The first-order chi connectivity index (χ1) is 11.9. The molecule has 0 saturated heterocycles. The van der Waals surface area contributed by atoms with E-state index in [1.807, 2.05) is 19.9 Å². The number of aromatic amines is 1. The molecule has 25 heavy (non-hydrogen) atoms. The van der Waals surface area contributed by atoms with Crippen molar-refractivity contribution in [2.45, 2.75) is 26.3 Å². The van der Waals surface area contributed by atoms with Gasteiger partial charge >= 0.3 is 6.03 Å². The maximum Gasteiger partial charge on any atom is 0.319 e. The van der Waals surface area contributed by atoms with Gasteiger partial charge in [0, 0.05) is 30.9 Å². The van der Waals surface area contributed by atoms with Gasteiger partial charge in [-0.3, -0.25) is 9.89 Å². The molecule has 1 aliphatic rings. The topological polar surface area (TPSA) is 99.3 Å². The third-order valence-electron chi connectivity index (χ3n) is 3.96. The Labute approximate surface area is 145 Å². The summed E-state index contributed by atoms with van der Waals surface area (Å²) in [6, 6.07) is 6.76. The van der Waals surface area contributed by atoms with Crippen LogP contribution in [0.4, 0.5) is 16.2 Å². The summed E-state index contributed by atoms with van der Waals surface area (Å²) in [4.78, 5) is 25.4. The largest absolute Gasteiger partial charge is 0.482 e. The highest BCUT2D eigenvalue weighted by Crippen LogP contribution is 2.33. The zero-order valence-corrected chi connectivity index (χ0v) is 14.4. The first kappa shape index (κ1) is 16.8. The summed E-state index contributed by atoms with van der Waals surface area (Å²) in [5.41, 5.74) is 3.11. The van der Waals surface area contributed by atoms with Crippen molar-refractivity contribution in [3.63, 3.8) is 0 Å². The van der Waals surface area contributed by atoms with Gasteiger partial charge in [-0.25, -0.2) is 4.79 Å². The molecule has 0 radical (unpaired) electrons. The van der Waals surface area contributed by atoms with E-state index >= 15 is 0 Å². The van der Waals surface area contributed by atoms with Crippen LogP contribution in [-0.4, -0.2) is 41.8 Å². The number of H-pyrrole nitrogens is 1. The molecule has 0 bridgehead atoms. The summed E-state index contributed by atoms with van der Waals surface area (Å²) >= 11 is 0. The molecule has 1 atom stereocenters. The molecule has 1 aliphatic heterocycles. The summed E-state index contributed by atoms with van der Waals surface area (Å²) in [5, 5.41) is 12.7. The Hall–Kier alpha value is -3.03. The van der Waals surface area contributed by atoms with Crippen molar-refractivity contribution in [2.75, 3.05) is 23.9 Å². The molecule has 0 aliphatic carbocycles. The molecule has 3 N–H and O–H groups in total. The number of nitrogens with zero attached hydrogens (tertiary/aromatic N) is 2. The summed E-state index contributed by atoms with van der Waals surface area (Å²) < 4.78 is 5.37. The number of urea groups is 1. The number of fused-ring (bicyclic) bond motifs is 1. The fourth-order valence-electron chi connectivity index (χ4n) is 2.68. The van der Waals surface area contributed by atoms with E-state index in [4.69, 9.17) is 4.74 Å². The van der Waals surface area contributed by atoms with Crippen LogP contribution >= 0.6 is 0 Å². The third-order valence-corrected chi connectivity index (χ3v) is 3.96. The number of aryl methyl sites for hydroxylation is 1. The van der Waals surface area contributed by atoms with Gasteiger partial charge in [0.05, 0.1) is 11.4 Å². The fraction of sp³-hybridized carbons (Fsp3) is 0.353. The number of likely N-dealkylation sites (N-methyl/N-ethyl adjacent to an activating group) is 1.